The Balaban J connectivity index is 0.00000272. The van der Waals surface area contributed by atoms with E-state index in [-0.39, 0.29) is 19.0 Å². The molecule has 8 heteroatoms. The van der Waals surface area contributed by atoms with E-state index in [0.29, 0.717) is 12.2 Å². The number of morpholine rings is 1. The van der Waals surface area contributed by atoms with Crippen molar-refractivity contribution in [3.8, 4) is 5.75 Å². The minimum Gasteiger partial charge on any atom is -1.00 e. The van der Waals surface area contributed by atoms with Crippen LogP contribution in [0.1, 0.15) is 5.56 Å². The van der Waals surface area contributed by atoms with E-state index in [0.717, 1.165) is 61.7 Å². The largest absolute Gasteiger partial charge is 1.00 e. The number of hydrogen-bond donors (Lipinski definition) is 3. The van der Waals surface area contributed by atoms with Crippen molar-refractivity contribution in [2.75, 3.05) is 39.5 Å². The molecule has 0 saturated carbocycles. The summed E-state index contributed by atoms with van der Waals surface area (Å²) < 4.78 is 15.1. The van der Waals surface area contributed by atoms with E-state index >= 15 is 0 Å². The fraction of sp³-hybridized carbons (Fsp3) is 0.435. The van der Waals surface area contributed by atoms with Crippen molar-refractivity contribution < 1.29 is 31.9 Å². The van der Waals surface area contributed by atoms with Gasteiger partial charge >= 0.3 is 0 Å². The molecule has 2 aromatic carbocycles. The molecule has 1 aliphatic rings. The molecule has 4 rings (SSSR count). The summed E-state index contributed by atoms with van der Waals surface area (Å²) in [4.78, 5) is 1.51. The first-order chi connectivity index (χ1) is 14.6. The van der Waals surface area contributed by atoms with Gasteiger partial charge in [0.1, 0.15) is 31.5 Å². The first-order valence-electron chi connectivity index (χ1n) is 10.6. The summed E-state index contributed by atoms with van der Waals surface area (Å²) in [6, 6.07) is 15.8. The van der Waals surface area contributed by atoms with Gasteiger partial charge < -0.3 is 41.0 Å². The van der Waals surface area contributed by atoms with Crippen LogP contribution in [0.5, 0.6) is 5.75 Å². The summed E-state index contributed by atoms with van der Waals surface area (Å²) in [6.45, 7) is 7.91. The molecular weight excluding hydrogens is 416 g/mol. The number of aliphatic hydroxyl groups excluding tert-OH is 1. The number of nitrogens with zero attached hydrogens (tertiary/aromatic N) is 2. The standard InChI is InChI=1S/C23H30N4O3.ClH/c1-18-5-4-6-20(15-18)30-17-19(28)16-27-22-8-3-2-7-21(22)26(23(27)24)10-9-25-11-13-29-14-12-25;/h2-8,15,19,24,28H,9-14,16-17H2,1H3;1H. The number of ether oxygens (including phenoxy) is 2. The molecule has 0 aliphatic carbocycles. The van der Waals surface area contributed by atoms with Crippen LogP contribution in [0.25, 0.3) is 11.0 Å². The van der Waals surface area contributed by atoms with Crippen LogP contribution in [-0.2, 0) is 17.8 Å². The van der Waals surface area contributed by atoms with E-state index in [1.54, 1.807) is 0 Å². The number of hydrogen-bond acceptors (Lipinski definition) is 4. The lowest BCUT2D eigenvalue weighted by Gasteiger charge is -2.23. The number of aryl methyl sites for hydroxylation is 1. The topological polar surface area (TPSA) is 76.8 Å². The third-order valence-corrected chi connectivity index (χ3v) is 5.69. The van der Waals surface area contributed by atoms with E-state index in [9.17, 15) is 5.11 Å². The number of aromatic nitrogens is 2. The average Bonchev–Trinajstić information content (AvgIpc) is 3.03. The Bertz CT molecular complexity index is 1040. The summed E-state index contributed by atoms with van der Waals surface area (Å²) in [5.41, 5.74) is 3.53. The molecule has 0 bridgehead atoms. The smallest absolute Gasteiger partial charge is 0.203 e. The SMILES string of the molecule is Cc1cccc(OCC(O)Cn2c(=N)n(CC[NH+]3CCOCC3)c3ccccc32)c1.[Cl-]. The van der Waals surface area contributed by atoms with Crippen LogP contribution in [0.3, 0.4) is 0 Å². The monoisotopic (exact) mass is 446 g/mol. The lowest BCUT2D eigenvalue weighted by Crippen LogP contribution is -3.14. The number of para-hydroxylation sites is 2. The van der Waals surface area contributed by atoms with Gasteiger partial charge in [-0.3, -0.25) is 5.41 Å². The van der Waals surface area contributed by atoms with E-state index in [1.165, 1.54) is 4.90 Å². The molecule has 7 nitrogen and oxygen atoms in total. The van der Waals surface area contributed by atoms with Crippen LogP contribution < -0.4 is 27.7 Å². The molecule has 3 aromatic rings. The van der Waals surface area contributed by atoms with Crippen molar-refractivity contribution in [3.05, 3.63) is 59.7 Å². The summed E-state index contributed by atoms with van der Waals surface area (Å²) in [5, 5.41) is 19.4. The van der Waals surface area contributed by atoms with Gasteiger partial charge in [-0.2, -0.15) is 0 Å². The number of nitrogens with one attached hydrogen (secondary N) is 2. The molecule has 31 heavy (non-hydrogen) atoms. The zero-order valence-corrected chi connectivity index (χ0v) is 18.6. The highest BCUT2D eigenvalue weighted by Gasteiger charge is 2.17. The van der Waals surface area contributed by atoms with E-state index in [1.807, 2.05) is 64.6 Å². The number of fused-ring (bicyclic) bond motifs is 1. The fourth-order valence-electron chi connectivity index (χ4n) is 4.05. The molecule has 2 heterocycles. The van der Waals surface area contributed by atoms with Crippen LogP contribution in [0.4, 0.5) is 0 Å². The van der Waals surface area contributed by atoms with Gasteiger partial charge in [0.05, 0.1) is 43.9 Å². The second kappa shape index (κ2) is 10.8. The molecule has 0 spiro atoms. The third-order valence-electron chi connectivity index (χ3n) is 5.69. The van der Waals surface area contributed by atoms with Gasteiger partial charge in [0.2, 0.25) is 5.62 Å². The second-order valence-corrected chi connectivity index (χ2v) is 7.97. The van der Waals surface area contributed by atoms with E-state index in [2.05, 4.69) is 0 Å². The molecule has 3 N–H and O–H groups in total. The number of aliphatic hydroxyl groups is 1. The second-order valence-electron chi connectivity index (χ2n) is 7.97. The normalized spacial score (nSPS) is 15.5. The number of quaternary nitrogens is 1. The third kappa shape index (κ3) is 5.68. The molecular formula is C23H31ClN4O3. The molecule has 1 aromatic heterocycles. The summed E-state index contributed by atoms with van der Waals surface area (Å²) >= 11 is 0. The zero-order chi connectivity index (χ0) is 20.9. The number of benzene rings is 2. The van der Waals surface area contributed by atoms with Gasteiger partial charge in [-0.05, 0) is 36.8 Å². The lowest BCUT2D eigenvalue weighted by molar-refractivity contribution is -0.908. The van der Waals surface area contributed by atoms with Crippen molar-refractivity contribution >= 4 is 11.0 Å². The van der Waals surface area contributed by atoms with Crippen LogP contribution in [0, 0.1) is 12.3 Å². The maximum absolute atomic E-state index is 10.6. The lowest BCUT2D eigenvalue weighted by atomic mass is 10.2. The Hall–Kier alpha value is -2.32. The number of rotatable bonds is 8. The van der Waals surface area contributed by atoms with Gasteiger partial charge in [-0.1, -0.05) is 24.3 Å². The predicted molar refractivity (Wildman–Crippen MR) is 115 cm³/mol. The Morgan fingerprint density at radius 3 is 2.52 bits per heavy atom. The van der Waals surface area contributed by atoms with Crippen molar-refractivity contribution in [2.45, 2.75) is 26.1 Å². The minimum atomic E-state index is -0.705. The molecule has 0 amide bonds. The van der Waals surface area contributed by atoms with Gasteiger partial charge in [0.25, 0.3) is 0 Å². The summed E-state index contributed by atoms with van der Waals surface area (Å²) in [6.07, 6.45) is -0.705. The van der Waals surface area contributed by atoms with Crippen molar-refractivity contribution in [1.29, 1.82) is 5.41 Å². The van der Waals surface area contributed by atoms with E-state index < -0.39 is 6.10 Å². The first-order valence-corrected chi connectivity index (χ1v) is 10.6. The Morgan fingerprint density at radius 2 is 1.81 bits per heavy atom. The van der Waals surface area contributed by atoms with Crippen LogP contribution in [-0.4, -0.2) is 59.8 Å². The van der Waals surface area contributed by atoms with Gasteiger partial charge in [0, 0.05) is 0 Å². The van der Waals surface area contributed by atoms with Gasteiger partial charge in [0.15, 0.2) is 0 Å². The summed E-state index contributed by atoms with van der Waals surface area (Å²) in [7, 11) is 0. The molecule has 1 atom stereocenters. The number of halogens is 1. The highest BCUT2D eigenvalue weighted by Crippen LogP contribution is 2.15. The van der Waals surface area contributed by atoms with Gasteiger partial charge in [-0.25, -0.2) is 0 Å². The molecule has 1 saturated heterocycles. The quantitative estimate of drug-likeness (QED) is 0.361. The summed E-state index contributed by atoms with van der Waals surface area (Å²) in [5.74, 6) is 0.751. The highest BCUT2D eigenvalue weighted by molar-refractivity contribution is 5.75. The van der Waals surface area contributed by atoms with Gasteiger partial charge in [-0.15, -0.1) is 0 Å². The predicted octanol–water partition coefficient (Wildman–Crippen LogP) is -2.41. The molecule has 168 valence electrons. The van der Waals surface area contributed by atoms with Crippen LogP contribution >= 0.6 is 0 Å². The minimum absolute atomic E-state index is 0. The highest BCUT2D eigenvalue weighted by atomic mass is 35.5. The molecule has 0 radical (unpaired) electrons. The molecule has 1 fully saturated rings. The van der Waals surface area contributed by atoms with E-state index in [4.69, 9.17) is 14.9 Å². The van der Waals surface area contributed by atoms with Crippen molar-refractivity contribution in [2.24, 2.45) is 0 Å². The Morgan fingerprint density at radius 1 is 1.10 bits per heavy atom. The number of imidazole rings is 1. The Kier molecular flexibility index (Phi) is 8.15. The van der Waals surface area contributed by atoms with Crippen LogP contribution in [0.2, 0.25) is 0 Å². The maximum atomic E-state index is 10.6. The first kappa shape index (κ1) is 23.3. The van der Waals surface area contributed by atoms with Crippen molar-refractivity contribution in [1.82, 2.24) is 9.13 Å². The fourth-order valence-corrected chi connectivity index (χ4v) is 4.05. The Labute approximate surface area is 188 Å². The molecule has 1 aliphatic heterocycles. The van der Waals surface area contributed by atoms with Crippen molar-refractivity contribution in [3.63, 3.8) is 0 Å². The molecule has 1 unspecified atom stereocenters. The zero-order valence-electron chi connectivity index (χ0n) is 17.9. The average molecular weight is 447 g/mol. The maximum Gasteiger partial charge on any atom is 0.203 e. The van der Waals surface area contributed by atoms with Crippen LogP contribution in [0.15, 0.2) is 48.5 Å².